The highest BCUT2D eigenvalue weighted by Gasteiger charge is 2.24. The summed E-state index contributed by atoms with van der Waals surface area (Å²) in [6.45, 7) is 2.25. The molecule has 1 heterocycles. The SMILES string of the molecule is CCOC(=O)Cc1ccc(C2CC2)nc1. The van der Waals surface area contributed by atoms with Gasteiger partial charge in [-0.3, -0.25) is 9.78 Å². The van der Waals surface area contributed by atoms with E-state index in [0.717, 1.165) is 11.3 Å². The molecular weight excluding hydrogens is 190 g/mol. The molecule has 0 N–H and O–H groups in total. The van der Waals surface area contributed by atoms with Gasteiger partial charge in [-0.2, -0.15) is 0 Å². The van der Waals surface area contributed by atoms with Crippen molar-refractivity contribution in [1.29, 1.82) is 0 Å². The van der Waals surface area contributed by atoms with Gasteiger partial charge in [-0.1, -0.05) is 6.07 Å². The van der Waals surface area contributed by atoms with Crippen molar-refractivity contribution in [3.05, 3.63) is 29.6 Å². The molecule has 1 aromatic rings. The molecule has 1 aliphatic carbocycles. The Balaban J connectivity index is 1.94. The van der Waals surface area contributed by atoms with Crippen molar-refractivity contribution in [3.8, 4) is 0 Å². The molecule has 0 amide bonds. The zero-order valence-electron chi connectivity index (χ0n) is 8.90. The molecule has 0 spiro atoms. The van der Waals surface area contributed by atoms with Gasteiger partial charge < -0.3 is 4.74 Å². The summed E-state index contributed by atoms with van der Waals surface area (Å²) < 4.78 is 4.87. The quantitative estimate of drug-likeness (QED) is 0.706. The molecule has 0 radical (unpaired) electrons. The molecule has 15 heavy (non-hydrogen) atoms. The molecule has 1 saturated carbocycles. The predicted molar refractivity (Wildman–Crippen MR) is 56.5 cm³/mol. The molecule has 3 heteroatoms. The molecule has 1 aliphatic rings. The van der Waals surface area contributed by atoms with Crippen LogP contribution in [0.25, 0.3) is 0 Å². The molecule has 0 saturated heterocycles. The maximum absolute atomic E-state index is 11.2. The molecule has 0 bridgehead atoms. The molecule has 80 valence electrons. The van der Waals surface area contributed by atoms with Crippen molar-refractivity contribution in [2.75, 3.05) is 6.61 Å². The number of carbonyl (C=O) groups excluding carboxylic acids is 1. The number of hydrogen-bond donors (Lipinski definition) is 0. The van der Waals surface area contributed by atoms with Gasteiger partial charge in [0.05, 0.1) is 13.0 Å². The Morgan fingerprint density at radius 1 is 1.53 bits per heavy atom. The van der Waals surface area contributed by atoms with Gasteiger partial charge in [0.15, 0.2) is 0 Å². The fourth-order valence-electron chi connectivity index (χ4n) is 1.54. The molecule has 1 aromatic heterocycles. The van der Waals surface area contributed by atoms with Crippen LogP contribution in [0.2, 0.25) is 0 Å². The second-order valence-corrected chi connectivity index (χ2v) is 3.85. The van der Waals surface area contributed by atoms with E-state index in [0.29, 0.717) is 18.9 Å². The summed E-state index contributed by atoms with van der Waals surface area (Å²) in [5.74, 6) is 0.486. The Hall–Kier alpha value is -1.38. The number of esters is 1. The van der Waals surface area contributed by atoms with Gasteiger partial charge >= 0.3 is 5.97 Å². The zero-order valence-corrected chi connectivity index (χ0v) is 8.90. The zero-order chi connectivity index (χ0) is 10.7. The van der Waals surface area contributed by atoms with E-state index in [-0.39, 0.29) is 5.97 Å². The highest BCUT2D eigenvalue weighted by molar-refractivity contribution is 5.72. The fraction of sp³-hybridized carbons (Fsp3) is 0.500. The molecule has 3 nitrogen and oxygen atoms in total. The van der Waals surface area contributed by atoms with Crippen LogP contribution in [0.1, 0.15) is 36.9 Å². The van der Waals surface area contributed by atoms with Gasteiger partial charge in [-0.15, -0.1) is 0 Å². The lowest BCUT2D eigenvalue weighted by molar-refractivity contribution is -0.142. The average Bonchev–Trinajstić information content (AvgIpc) is 3.03. The summed E-state index contributed by atoms with van der Waals surface area (Å²) in [4.78, 5) is 15.5. The lowest BCUT2D eigenvalue weighted by Crippen LogP contribution is -2.07. The largest absolute Gasteiger partial charge is 0.466 e. The molecular formula is C12H15NO2. The van der Waals surface area contributed by atoms with E-state index in [9.17, 15) is 4.79 Å². The Kier molecular flexibility index (Phi) is 2.99. The lowest BCUT2D eigenvalue weighted by atomic mass is 10.2. The van der Waals surface area contributed by atoms with Gasteiger partial charge in [-0.25, -0.2) is 0 Å². The third-order valence-corrected chi connectivity index (χ3v) is 2.50. The number of ether oxygens (including phenoxy) is 1. The molecule has 0 aromatic carbocycles. The molecule has 2 rings (SSSR count). The van der Waals surface area contributed by atoms with Gasteiger partial charge in [-0.05, 0) is 31.4 Å². The van der Waals surface area contributed by atoms with Gasteiger partial charge in [0, 0.05) is 17.8 Å². The Labute approximate surface area is 89.5 Å². The van der Waals surface area contributed by atoms with Gasteiger partial charge in [0.25, 0.3) is 0 Å². The maximum atomic E-state index is 11.2. The minimum Gasteiger partial charge on any atom is -0.466 e. The summed E-state index contributed by atoms with van der Waals surface area (Å²) >= 11 is 0. The van der Waals surface area contributed by atoms with Crippen LogP contribution in [0.3, 0.4) is 0 Å². The fourth-order valence-corrected chi connectivity index (χ4v) is 1.54. The van der Waals surface area contributed by atoms with Crippen LogP contribution in [0.4, 0.5) is 0 Å². The van der Waals surface area contributed by atoms with E-state index in [1.165, 1.54) is 12.8 Å². The van der Waals surface area contributed by atoms with E-state index in [2.05, 4.69) is 4.98 Å². The first-order chi connectivity index (χ1) is 7.29. The average molecular weight is 205 g/mol. The van der Waals surface area contributed by atoms with Gasteiger partial charge in [0.2, 0.25) is 0 Å². The van der Waals surface area contributed by atoms with Crippen LogP contribution < -0.4 is 0 Å². The minimum atomic E-state index is -0.182. The Morgan fingerprint density at radius 3 is 2.87 bits per heavy atom. The van der Waals surface area contributed by atoms with Crippen LogP contribution in [0, 0.1) is 0 Å². The van der Waals surface area contributed by atoms with E-state index in [4.69, 9.17) is 4.74 Å². The first kappa shape index (κ1) is 10.1. The first-order valence-electron chi connectivity index (χ1n) is 5.40. The predicted octanol–water partition coefficient (Wildman–Crippen LogP) is 2.06. The summed E-state index contributed by atoms with van der Waals surface area (Å²) in [7, 11) is 0. The third kappa shape index (κ3) is 2.78. The van der Waals surface area contributed by atoms with Crippen molar-refractivity contribution in [1.82, 2.24) is 4.98 Å². The van der Waals surface area contributed by atoms with Gasteiger partial charge in [0.1, 0.15) is 0 Å². The summed E-state index contributed by atoms with van der Waals surface area (Å²) in [5.41, 5.74) is 2.08. The van der Waals surface area contributed by atoms with Crippen molar-refractivity contribution in [2.45, 2.75) is 32.1 Å². The highest BCUT2D eigenvalue weighted by atomic mass is 16.5. The van der Waals surface area contributed by atoms with Crippen LogP contribution in [-0.2, 0) is 16.0 Å². The number of pyridine rings is 1. The summed E-state index contributed by atoms with van der Waals surface area (Å²) in [6, 6.07) is 3.99. The van der Waals surface area contributed by atoms with Crippen molar-refractivity contribution in [3.63, 3.8) is 0 Å². The Morgan fingerprint density at radius 2 is 2.33 bits per heavy atom. The lowest BCUT2D eigenvalue weighted by Gasteiger charge is -2.02. The van der Waals surface area contributed by atoms with Crippen LogP contribution >= 0.6 is 0 Å². The molecule has 0 aliphatic heterocycles. The molecule has 1 fully saturated rings. The number of nitrogens with zero attached hydrogens (tertiary/aromatic N) is 1. The van der Waals surface area contributed by atoms with Crippen molar-refractivity contribution in [2.24, 2.45) is 0 Å². The monoisotopic (exact) mass is 205 g/mol. The topological polar surface area (TPSA) is 39.2 Å². The number of hydrogen-bond acceptors (Lipinski definition) is 3. The molecule has 0 atom stereocenters. The van der Waals surface area contributed by atoms with Crippen LogP contribution in [-0.4, -0.2) is 17.6 Å². The number of carbonyl (C=O) groups is 1. The minimum absolute atomic E-state index is 0.182. The number of aromatic nitrogens is 1. The third-order valence-electron chi connectivity index (χ3n) is 2.50. The summed E-state index contributed by atoms with van der Waals surface area (Å²) in [5, 5.41) is 0. The smallest absolute Gasteiger partial charge is 0.310 e. The van der Waals surface area contributed by atoms with Crippen molar-refractivity contribution < 1.29 is 9.53 Å². The van der Waals surface area contributed by atoms with E-state index in [1.54, 1.807) is 6.20 Å². The van der Waals surface area contributed by atoms with E-state index in [1.807, 2.05) is 19.1 Å². The maximum Gasteiger partial charge on any atom is 0.310 e. The number of rotatable bonds is 4. The normalized spacial score (nSPS) is 15.0. The van der Waals surface area contributed by atoms with Crippen molar-refractivity contribution >= 4 is 5.97 Å². The Bertz CT molecular complexity index is 341. The van der Waals surface area contributed by atoms with E-state index >= 15 is 0 Å². The van der Waals surface area contributed by atoms with Crippen LogP contribution in [0.15, 0.2) is 18.3 Å². The summed E-state index contributed by atoms with van der Waals surface area (Å²) in [6.07, 6.45) is 4.62. The standard InChI is InChI=1S/C12H15NO2/c1-2-15-12(14)7-9-3-6-11(13-8-9)10-4-5-10/h3,6,8,10H,2,4-5,7H2,1H3. The first-order valence-corrected chi connectivity index (χ1v) is 5.40. The van der Waals surface area contributed by atoms with Crippen LogP contribution in [0.5, 0.6) is 0 Å². The second-order valence-electron chi connectivity index (χ2n) is 3.85. The van der Waals surface area contributed by atoms with E-state index < -0.39 is 0 Å². The highest BCUT2D eigenvalue weighted by Crippen LogP contribution is 2.38. The second kappa shape index (κ2) is 4.43. The molecule has 0 unspecified atom stereocenters.